The average Bonchev–Trinajstić information content (AvgIpc) is 2.62. The molecule has 7 nitrogen and oxygen atoms in total. The average molecular weight is 379 g/mol. The topological polar surface area (TPSA) is 83.2 Å². The number of aliphatic imine (C=N–C) groups is 1. The Morgan fingerprint density at radius 2 is 2.15 bits per heavy atom. The number of rotatable bonds is 6. The fourth-order valence-electron chi connectivity index (χ4n) is 3.14. The molecule has 0 saturated carbocycles. The molecule has 1 atom stereocenters. The zero-order chi connectivity index (χ0) is 19.8. The molecule has 1 aliphatic rings. The first-order valence-electron chi connectivity index (χ1n) is 9.30. The summed E-state index contributed by atoms with van der Waals surface area (Å²) in [5.74, 6) is 0.107. The molecule has 1 saturated heterocycles. The lowest BCUT2D eigenvalue weighted by atomic mass is 10.1. The number of carbonyl (C=O) groups is 1. The molecule has 0 radical (unpaired) electrons. The molecule has 1 unspecified atom stereocenters. The van der Waals surface area contributed by atoms with Gasteiger partial charge in [-0.25, -0.2) is 9.18 Å². The third-order valence-electron chi connectivity index (χ3n) is 4.66. The van der Waals surface area contributed by atoms with Gasteiger partial charge in [0.25, 0.3) is 0 Å². The van der Waals surface area contributed by atoms with Crippen LogP contribution in [0.1, 0.15) is 31.4 Å². The molecule has 1 aliphatic heterocycles. The zero-order valence-corrected chi connectivity index (χ0v) is 16.3. The summed E-state index contributed by atoms with van der Waals surface area (Å²) in [6.07, 6.45) is 1.31. The van der Waals surface area contributed by atoms with Gasteiger partial charge in [0.15, 0.2) is 5.96 Å². The predicted octanol–water partition coefficient (Wildman–Crippen LogP) is 1.95. The summed E-state index contributed by atoms with van der Waals surface area (Å²) in [5.41, 5.74) is 6.90. The molecule has 1 amide bonds. The lowest BCUT2D eigenvalue weighted by molar-refractivity contribution is 0.0963. The van der Waals surface area contributed by atoms with Gasteiger partial charge in [-0.3, -0.25) is 4.99 Å². The van der Waals surface area contributed by atoms with Crippen molar-refractivity contribution in [3.63, 3.8) is 0 Å². The van der Waals surface area contributed by atoms with Crippen LogP contribution >= 0.6 is 0 Å². The van der Waals surface area contributed by atoms with Gasteiger partial charge in [-0.2, -0.15) is 0 Å². The number of halogens is 1. The number of hydrogen-bond donors (Lipinski definition) is 2. The monoisotopic (exact) mass is 379 g/mol. The largest absolute Gasteiger partial charge is 0.450 e. The number of nitrogens with zero attached hydrogens (tertiary/aromatic N) is 3. The third-order valence-corrected chi connectivity index (χ3v) is 4.66. The van der Waals surface area contributed by atoms with Crippen molar-refractivity contribution >= 4 is 12.1 Å². The molecule has 27 heavy (non-hydrogen) atoms. The fraction of sp³-hybridized carbons (Fsp3) is 0.579. The number of piperidine rings is 1. The Labute approximate surface area is 160 Å². The zero-order valence-electron chi connectivity index (χ0n) is 16.3. The van der Waals surface area contributed by atoms with E-state index in [1.807, 2.05) is 25.1 Å². The van der Waals surface area contributed by atoms with Gasteiger partial charge in [0, 0.05) is 19.1 Å². The number of guanidine groups is 1. The van der Waals surface area contributed by atoms with Gasteiger partial charge in [-0.1, -0.05) is 12.1 Å². The van der Waals surface area contributed by atoms with Crippen LogP contribution in [0.4, 0.5) is 9.18 Å². The van der Waals surface area contributed by atoms with Crippen molar-refractivity contribution in [3.8, 4) is 0 Å². The van der Waals surface area contributed by atoms with Gasteiger partial charge in [-0.05, 0) is 51.6 Å². The van der Waals surface area contributed by atoms with E-state index in [1.165, 1.54) is 12.1 Å². The summed E-state index contributed by atoms with van der Waals surface area (Å²) >= 11 is 0. The van der Waals surface area contributed by atoms with Crippen LogP contribution in [0.3, 0.4) is 0 Å². The number of amides is 1. The van der Waals surface area contributed by atoms with E-state index in [-0.39, 0.29) is 24.0 Å². The second-order valence-corrected chi connectivity index (χ2v) is 6.86. The van der Waals surface area contributed by atoms with E-state index in [0.29, 0.717) is 32.2 Å². The summed E-state index contributed by atoms with van der Waals surface area (Å²) in [6.45, 7) is 3.88. The quantitative estimate of drug-likeness (QED) is 0.583. The minimum absolute atomic E-state index is 0.0632. The summed E-state index contributed by atoms with van der Waals surface area (Å²) in [7, 11) is 3.86. The maximum atomic E-state index is 13.5. The van der Waals surface area contributed by atoms with E-state index in [2.05, 4.69) is 10.3 Å². The van der Waals surface area contributed by atoms with Crippen LogP contribution in [0.15, 0.2) is 29.3 Å². The van der Waals surface area contributed by atoms with E-state index in [1.54, 1.807) is 17.9 Å². The molecule has 0 aromatic heterocycles. The number of ether oxygens (including phenoxy) is 1. The van der Waals surface area contributed by atoms with Crippen LogP contribution in [0.25, 0.3) is 0 Å². The molecule has 8 heteroatoms. The van der Waals surface area contributed by atoms with Gasteiger partial charge >= 0.3 is 6.09 Å². The second-order valence-electron chi connectivity index (χ2n) is 6.86. The summed E-state index contributed by atoms with van der Waals surface area (Å²) in [5, 5.41) is 3.22. The maximum Gasteiger partial charge on any atom is 0.409 e. The van der Waals surface area contributed by atoms with Gasteiger partial charge < -0.3 is 25.6 Å². The highest BCUT2D eigenvalue weighted by Crippen LogP contribution is 2.19. The van der Waals surface area contributed by atoms with Gasteiger partial charge in [0.1, 0.15) is 5.82 Å². The fourth-order valence-corrected chi connectivity index (χ4v) is 3.14. The van der Waals surface area contributed by atoms with E-state index in [0.717, 1.165) is 18.4 Å². The standard InChI is InChI=1S/C19H30FN5O2/c1-4-27-19(26)25-10-8-16(9-11-25)23-18(21)22-13-17(24(2)3)14-6-5-7-15(20)12-14/h5-7,12,16-17H,4,8-11,13H2,1-3H3,(H3,21,22,23). The van der Waals surface area contributed by atoms with Crippen molar-refractivity contribution in [2.75, 3.05) is 40.3 Å². The number of nitrogens with one attached hydrogen (secondary N) is 1. The number of hydrogen-bond acceptors (Lipinski definition) is 4. The minimum Gasteiger partial charge on any atom is -0.450 e. The second kappa shape index (κ2) is 10.1. The van der Waals surface area contributed by atoms with Crippen LogP contribution in [0.2, 0.25) is 0 Å². The number of nitrogens with two attached hydrogens (primary N) is 1. The van der Waals surface area contributed by atoms with Crippen molar-refractivity contribution in [1.82, 2.24) is 15.1 Å². The molecule has 1 heterocycles. The number of likely N-dealkylation sites (tertiary alicyclic amines) is 1. The summed E-state index contributed by atoms with van der Waals surface area (Å²) < 4.78 is 18.5. The van der Waals surface area contributed by atoms with Gasteiger partial charge in [-0.15, -0.1) is 0 Å². The summed E-state index contributed by atoms with van der Waals surface area (Å²) in [6, 6.07) is 6.65. The first-order chi connectivity index (χ1) is 12.9. The highest BCUT2D eigenvalue weighted by molar-refractivity contribution is 5.78. The van der Waals surface area contributed by atoms with Crippen molar-refractivity contribution in [1.29, 1.82) is 0 Å². The van der Waals surface area contributed by atoms with E-state index in [4.69, 9.17) is 10.5 Å². The smallest absolute Gasteiger partial charge is 0.409 e. The molecule has 1 aromatic carbocycles. The lowest BCUT2D eigenvalue weighted by Crippen LogP contribution is -2.48. The Kier molecular flexibility index (Phi) is 7.84. The first-order valence-corrected chi connectivity index (χ1v) is 9.30. The van der Waals surface area contributed by atoms with Gasteiger partial charge in [0.2, 0.25) is 0 Å². The Morgan fingerprint density at radius 1 is 1.44 bits per heavy atom. The summed E-state index contributed by atoms with van der Waals surface area (Å²) in [4.78, 5) is 19.9. The number of likely N-dealkylation sites (N-methyl/N-ethyl adjacent to an activating group) is 1. The van der Waals surface area contributed by atoms with Crippen LogP contribution in [-0.4, -0.2) is 68.2 Å². The third kappa shape index (κ3) is 6.39. The molecule has 1 aromatic rings. The first kappa shape index (κ1) is 21.0. The van der Waals surface area contributed by atoms with Crippen LogP contribution in [0, 0.1) is 5.82 Å². The van der Waals surface area contributed by atoms with Crippen LogP contribution < -0.4 is 11.1 Å². The highest BCUT2D eigenvalue weighted by atomic mass is 19.1. The Bertz CT molecular complexity index is 645. The Hall–Kier alpha value is -2.35. The minimum atomic E-state index is -0.262. The molecule has 2 rings (SSSR count). The lowest BCUT2D eigenvalue weighted by Gasteiger charge is -2.32. The molecule has 0 aliphatic carbocycles. The van der Waals surface area contributed by atoms with Gasteiger partial charge in [0.05, 0.1) is 19.2 Å². The molecule has 1 fully saturated rings. The molecular formula is C19H30FN5O2. The van der Waals surface area contributed by atoms with Crippen LogP contribution in [0.5, 0.6) is 0 Å². The van der Waals surface area contributed by atoms with E-state index in [9.17, 15) is 9.18 Å². The molecular weight excluding hydrogens is 349 g/mol. The van der Waals surface area contributed by atoms with Crippen molar-refractivity contribution in [2.24, 2.45) is 10.7 Å². The highest BCUT2D eigenvalue weighted by Gasteiger charge is 2.23. The van der Waals surface area contributed by atoms with E-state index >= 15 is 0 Å². The molecule has 3 N–H and O–H groups in total. The number of benzene rings is 1. The predicted molar refractivity (Wildman–Crippen MR) is 104 cm³/mol. The normalized spacial score (nSPS) is 17.1. The van der Waals surface area contributed by atoms with E-state index < -0.39 is 0 Å². The Balaban J connectivity index is 1.87. The van der Waals surface area contributed by atoms with Crippen molar-refractivity contribution in [2.45, 2.75) is 31.8 Å². The van der Waals surface area contributed by atoms with Crippen LogP contribution in [-0.2, 0) is 4.74 Å². The maximum absolute atomic E-state index is 13.5. The molecule has 150 valence electrons. The SMILES string of the molecule is CCOC(=O)N1CCC(NC(N)=NCC(c2cccc(F)c2)N(C)C)CC1. The molecule has 0 bridgehead atoms. The Morgan fingerprint density at radius 3 is 2.74 bits per heavy atom. The van der Waals surface area contributed by atoms with Crippen molar-refractivity contribution < 1.29 is 13.9 Å². The van der Waals surface area contributed by atoms with Crippen molar-refractivity contribution in [3.05, 3.63) is 35.6 Å². The number of carbonyl (C=O) groups excluding carboxylic acids is 1. The molecule has 0 spiro atoms.